The van der Waals surface area contributed by atoms with Crippen molar-refractivity contribution >= 4 is 46.8 Å². The van der Waals surface area contributed by atoms with E-state index in [9.17, 15) is 4.79 Å². The van der Waals surface area contributed by atoms with E-state index in [1.54, 1.807) is 24.3 Å². The zero-order valence-electron chi connectivity index (χ0n) is 18.8. The molecule has 0 bridgehead atoms. The van der Waals surface area contributed by atoms with Gasteiger partial charge in [-0.05, 0) is 50.2 Å². The van der Waals surface area contributed by atoms with Crippen molar-refractivity contribution in [2.24, 2.45) is 16.0 Å². The van der Waals surface area contributed by atoms with Gasteiger partial charge in [0.2, 0.25) is 0 Å². The number of carbonyl (C=O) groups is 1. The second-order valence-corrected chi connectivity index (χ2v) is 8.88. The normalized spacial score (nSPS) is 12.7. The molecule has 3 aromatic rings. The number of hydrazine groups is 1. The number of pyridine rings is 1. The summed E-state index contributed by atoms with van der Waals surface area (Å²) >= 11 is 1.16. The van der Waals surface area contributed by atoms with Crippen LogP contribution in [0.15, 0.2) is 65.2 Å². The molecule has 176 valence electrons. The molecule has 0 saturated carbocycles. The number of hydrogen-bond donors (Lipinski definition) is 5. The monoisotopic (exact) mass is 478 g/mol. The summed E-state index contributed by atoms with van der Waals surface area (Å²) < 4.78 is 13.3. The van der Waals surface area contributed by atoms with E-state index in [0.717, 1.165) is 17.8 Å². The molecule has 1 aromatic heterocycles. The van der Waals surface area contributed by atoms with Gasteiger partial charge in [-0.25, -0.2) is 10.8 Å². The van der Waals surface area contributed by atoms with Crippen molar-refractivity contribution in [3.05, 3.63) is 71.9 Å². The Morgan fingerprint density at radius 3 is 2.76 bits per heavy atom. The number of nitrogen functional groups attached to an aromatic ring is 1. The highest BCUT2D eigenvalue weighted by Gasteiger charge is 2.25. The van der Waals surface area contributed by atoms with E-state index >= 15 is 0 Å². The van der Waals surface area contributed by atoms with Crippen molar-refractivity contribution in [1.82, 2.24) is 10.3 Å². The number of amidine groups is 1. The molecular weight excluding hydrogens is 452 g/mol. The number of nitrogens with one attached hydrogen (secondary N) is 2. The Kier molecular flexibility index (Phi) is 6.48. The third kappa shape index (κ3) is 5.00. The zero-order valence-corrected chi connectivity index (χ0v) is 19.6. The van der Waals surface area contributed by atoms with Crippen molar-refractivity contribution in [3.63, 3.8) is 0 Å². The van der Waals surface area contributed by atoms with Crippen LogP contribution in [0.5, 0.6) is 5.75 Å². The van der Waals surface area contributed by atoms with Crippen LogP contribution in [0.3, 0.4) is 0 Å². The Morgan fingerprint density at radius 2 is 1.97 bits per heavy atom. The lowest BCUT2D eigenvalue weighted by atomic mass is 10.1. The lowest BCUT2D eigenvalue weighted by Gasteiger charge is -2.28. The Bertz CT molecular complexity index is 1250. The molecule has 0 spiro atoms. The van der Waals surface area contributed by atoms with Crippen LogP contribution in [0.25, 0.3) is 0 Å². The third-order valence-electron chi connectivity index (χ3n) is 5.07. The molecule has 0 fully saturated rings. The van der Waals surface area contributed by atoms with Gasteiger partial charge >= 0.3 is 0 Å². The van der Waals surface area contributed by atoms with E-state index in [1.165, 1.54) is 11.2 Å². The van der Waals surface area contributed by atoms with Gasteiger partial charge in [-0.2, -0.15) is 4.40 Å². The van der Waals surface area contributed by atoms with Gasteiger partial charge in [0.05, 0.1) is 40.3 Å². The van der Waals surface area contributed by atoms with Crippen molar-refractivity contribution in [1.29, 1.82) is 0 Å². The van der Waals surface area contributed by atoms with Gasteiger partial charge in [0.15, 0.2) is 0 Å². The standard InChI is InChI=1S/C23H26N8O2S/c1-23(2,13-33-18-9-5-7-16-20(18)21(25)30-34-29-16)28-22(32)14-10-11-27-19(12-14)31(26)17-8-4-3-6-15(17)24/h3-12,29H,13,24,26H2,1-2H3,(H2,25,30)(H,28,32). The Morgan fingerprint density at radius 1 is 1.18 bits per heavy atom. The first-order valence-electron chi connectivity index (χ1n) is 10.4. The molecule has 8 N–H and O–H groups in total. The van der Waals surface area contributed by atoms with E-state index in [4.69, 9.17) is 22.0 Å². The Labute approximate surface area is 201 Å². The van der Waals surface area contributed by atoms with Crippen molar-refractivity contribution in [2.75, 3.05) is 22.1 Å². The molecule has 1 amide bonds. The number of carbonyl (C=O) groups excluding carboxylic acids is 1. The smallest absolute Gasteiger partial charge is 0.252 e. The van der Waals surface area contributed by atoms with Gasteiger partial charge in [-0.1, -0.05) is 18.2 Å². The largest absolute Gasteiger partial charge is 0.490 e. The zero-order chi connectivity index (χ0) is 24.3. The number of para-hydroxylation sites is 2. The first kappa shape index (κ1) is 23.2. The van der Waals surface area contributed by atoms with Gasteiger partial charge in [0.25, 0.3) is 5.91 Å². The number of rotatable bonds is 7. The van der Waals surface area contributed by atoms with Crippen LogP contribution in [-0.2, 0) is 0 Å². The van der Waals surface area contributed by atoms with E-state index in [2.05, 4.69) is 19.4 Å². The molecule has 2 heterocycles. The number of aromatic nitrogens is 1. The predicted molar refractivity (Wildman–Crippen MR) is 137 cm³/mol. The fraction of sp³-hybridized carbons (Fsp3) is 0.174. The van der Waals surface area contributed by atoms with Crippen LogP contribution in [0.1, 0.15) is 29.8 Å². The van der Waals surface area contributed by atoms with Crippen LogP contribution in [0.4, 0.5) is 22.9 Å². The quantitative estimate of drug-likeness (QED) is 0.149. The molecule has 0 atom stereocenters. The second-order valence-electron chi connectivity index (χ2n) is 8.31. The Balaban J connectivity index is 1.45. The first-order chi connectivity index (χ1) is 16.2. The molecule has 4 rings (SSSR count). The molecule has 10 nitrogen and oxygen atoms in total. The minimum atomic E-state index is -0.696. The number of hydrogen-bond acceptors (Lipinski definition) is 10. The minimum absolute atomic E-state index is 0.205. The Hall–Kier alpha value is -3.96. The molecule has 2 aromatic carbocycles. The number of benzene rings is 2. The van der Waals surface area contributed by atoms with E-state index in [1.807, 2.05) is 44.2 Å². The van der Waals surface area contributed by atoms with Crippen molar-refractivity contribution < 1.29 is 9.53 Å². The molecule has 0 aliphatic carbocycles. The molecule has 11 heteroatoms. The highest BCUT2D eigenvalue weighted by Crippen LogP contribution is 2.32. The third-order valence-corrected chi connectivity index (χ3v) is 5.67. The van der Waals surface area contributed by atoms with Gasteiger partial charge < -0.3 is 26.2 Å². The number of anilines is 4. The number of amides is 1. The lowest BCUT2D eigenvalue weighted by molar-refractivity contribution is 0.0880. The van der Waals surface area contributed by atoms with Crippen molar-refractivity contribution in [2.45, 2.75) is 19.4 Å². The molecule has 34 heavy (non-hydrogen) atoms. The number of fused-ring (bicyclic) bond motifs is 1. The van der Waals surface area contributed by atoms with Gasteiger partial charge in [0, 0.05) is 11.8 Å². The van der Waals surface area contributed by atoms with Crippen LogP contribution < -0.4 is 37.1 Å². The fourth-order valence-corrected chi connectivity index (χ4v) is 3.87. The lowest BCUT2D eigenvalue weighted by Crippen LogP contribution is -2.48. The summed E-state index contributed by atoms with van der Waals surface area (Å²) in [5.41, 5.74) is 14.4. The van der Waals surface area contributed by atoms with Gasteiger partial charge in [-0.3, -0.25) is 9.80 Å². The van der Waals surface area contributed by atoms with Gasteiger partial charge in [0.1, 0.15) is 24.0 Å². The molecular formula is C23H26N8O2S. The summed E-state index contributed by atoms with van der Waals surface area (Å²) in [5.74, 6) is 7.26. The van der Waals surface area contributed by atoms with Crippen LogP contribution in [0, 0.1) is 0 Å². The van der Waals surface area contributed by atoms with Crippen LogP contribution in [0.2, 0.25) is 0 Å². The second kappa shape index (κ2) is 9.49. The average molecular weight is 479 g/mol. The molecule has 0 saturated heterocycles. The summed E-state index contributed by atoms with van der Waals surface area (Å²) in [4.78, 5) is 17.3. The molecule has 1 aliphatic rings. The van der Waals surface area contributed by atoms with E-state index in [0.29, 0.717) is 39.9 Å². The number of nitrogens with zero attached hydrogens (tertiary/aromatic N) is 3. The average Bonchev–Trinajstić information content (AvgIpc) is 2.82. The highest BCUT2D eigenvalue weighted by molar-refractivity contribution is 7.99. The summed E-state index contributed by atoms with van der Waals surface area (Å²) in [6, 6.07) is 16.0. The number of nitrogens with two attached hydrogens (primary N) is 3. The summed E-state index contributed by atoms with van der Waals surface area (Å²) in [7, 11) is 0. The molecule has 0 radical (unpaired) electrons. The summed E-state index contributed by atoms with van der Waals surface area (Å²) in [6.45, 7) is 3.94. The predicted octanol–water partition coefficient (Wildman–Crippen LogP) is 2.96. The summed E-state index contributed by atoms with van der Waals surface area (Å²) in [5, 5.41) is 4.34. The van der Waals surface area contributed by atoms with Gasteiger partial charge in [-0.15, -0.1) is 0 Å². The molecule has 1 aliphatic heterocycles. The maximum absolute atomic E-state index is 13.0. The van der Waals surface area contributed by atoms with Crippen LogP contribution in [-0.4, -0.2) is 28.9 Å². The fourth-order valence-electron chi connectivity index (χ4n) is 3.36. The van der Waals surface area contributed by atoms with E-state index in [-0.39, 0.29) is 12.5 Å². The molecule has 0 unspecified atom stereocenters. The van der Waals surface area contributed by atoms with E-state index < -0.39 is 5.54 Å². The maximum Gasteiger partial charge on any atom is 0.252 e. The maximum atomic E-state index is 13.0. The van der Waals surface area contributed by atoms with Crippen molar-refractivity contribution in [3.8, 4) is 5.75 Å². The minimum Gasteiger partial charge on any atom is -0.490 e. The SMILES string of the molecule is CC(C)(COc1cccc2c1C(N)=NSN2)NC(=O)c1ccnc(N(N)c2ccccc2N)c1. The topological polar surface area (TPSA) is 157 Å². The summed E-state index contributed by atoms with van der Waals surface area (Å²) in [6.07, 6.45) is 1.52. The first-order valence-corrected chi connectivity index (χ1v) is 11.2. The number of ether oxygens (including phenoxy) is 1. The highest BCUT2D eigenvalue weighted by atomic mass is 32.2. The van der Waals surface area contributed by atoms with Crippen LogP contribution >= 0.6 is 12.1 Å².